The first kappa shape index (κ1) is 27.4. The summed E-state index contributed by atoms with van der Waals surface area (Å²) < 4.78 is 38.9. The Morgan fingerprint density at radius 2 is 1.63 bits per heavy atom. The quantitative estimate of drug-likeness (QED) is 0.321. The Morgan fingerprint density at radius 1 is 0.895 bits per heavy atom. The monoisotopic (exact) mass is 542 g/mol. The smallest absolute Gasteiger partial charge is 0.390 e. The molecule has 0 amide bonds. The lowest BCUT2D eigenvalue weighted by Crippen LogP contribution is -2.46. The van der Waals surface area contributed by atoms with E-state index in [1.807, 2.05) is 6.07 Å². The van der Waals surface area contributed by atoms with E-state index in [2.05, 4.69) is 50.9 Å². The number of thiophene rings is 1. The van der Waals surface area contributed by atoms with Crippen LogP contribution in [-0.4, -0.2) is 53.2 Å². The van der Waals surface area contributed by atoms with Gasteiger partial charge in [-0.2, -0.15) is 24.5 Å². The van der Waals surface area contributed by atoms with E-state index < -0.39 is 17.3 Å². The molecule has 38 heavy (non-hydrogen) atoms. The number of hydrogen-bond donors (Lipinski definition) is 1. The molecule has 1 unspecified atom stereocenters. The first-order chi connectivity index (χ1) is 18.3. The van der Waals surface area contributed by atoms with Crippen LogP contribution in [-0.2, 0) is 19.1 Å². The van der Waals surface area contributed by atoms with Crippen LogP contribution in [0.5, 0.6) is 0 Å². The molecule has 0 spiro atoms. The van der Waals surface area contributed by atoms with Gasteiger partial charge in [0.2, 0.25) is 0 Å². The van der Waals surface area contributed by atoms with Gasteiger partial charge in [0.05, 0.1) is 11.2 Å². The molecule has 1 N–H and O–H groups in total. The number of rotatable bonds is 9. The second-order valence-corrected chi connectivity index (χ2v) is 12.0. The summed E-state index contributed by atoms with van der Waals surface area (Å²) in [5.74, 6) is 0.880. The van der Waals surface area contributed by atoms with Crippen molar-refractivity contribution in [1.82, 2.24) is 9.80 Å². The highest BCUT2D eigenvalue weighted by Crippen LogP contribution is 2.37. The minimum atomic E-state index is -4.30. The average molecular weight is 543 g/mol. The second-order valence-electron chi connectivity index (χ2n) is 11.2. The first-order valence-corrected chi connectivity index (χ1v) is 14.6. The van der Waals surface area contributed by atoms with Gasteiger partial charge in [-0.15, -0.1) is 0 Å². The molecule has 2 fully saturated rings. The molecule has 1 aromatic heterocycles. The van der Waals surface area contributed by atoms with Crippen molar-refractivity contribution in [2.24, 2.45) is 5.92 Å². The second kappa shape index (κ2) is 11.9. The lowest BCUT2D eigenvalue weighted by molar-refractivity contribution is -0.137. The number of aliphatic hydroxyl groups is 1. The number of piperidine rings is 1. The van der Waals surface area contributed by atoms with Crippen molar-refractivity contribution in [1.29, 1.82) is 0 Å². The van der Waals surface area contributed by atoms with E-state index in [-0.39, 0.29) is 0 Å². The number of hydrogen-bond acceptors (Lipinski definition) is 4. The molecule has 0 aliphatic carbocycles. The molecule has 0 bridgehead atoms. The summed E-state index contributed by atoms with van der Waals surface area (Å²) in [6, 6.07) is 18.3. The predicted molar refractivity (Wildman–Crippen MR) is 147 cm³/mol. The summed E-state index contributed by atoms with van der Waals surface area (Å²) in [7, 11) is 0. The lowest BCUT2D eigenvalue weighted by atomic mass is 9.84. The Morgan fingerprint density at radius 3 is 2.29 bits per heavy atom. The third-order valence-corrected chi connectivity index (χ3v) is 9.11. The SMILES string of the molecule is OC1(CCCc2ccccc2)CCN(C[C@@H]2CN(Cc3ccc(C(F)(F)F)cc3)CC2c2ccsc2)CC1. The van der Waals surface area contributed by atoms with Gasteiger partial charge in [-0.05, 0) is 83.7 Å². The molecule has 2 aliphatic heterocycles. The molecular weight excluding hydrogens is 505 g/mol. The topological polar surface area (TPSA) is 26.7 Å². The van der Waals surface area contributed by atoms with Gasteiger partial charge in [0.15, 0.2) is 0 Å². The van der Waals surface area contributed by atoms with Gasteiger partial charge in [-0.1, -0.05) is 42.5 Å². The highest BCUT2D eigenvalue weighted by atomic mass is 32.1. The van der Waals surface area contributed by atoms with Crippen molar-refractivity contribution in [3.8, 4) is 0 Å². The van der Waals surface area contributed by atoms with E-state index in [1.165, 1.54) is 23.3 Å². The van der Waals surface area contributed by atoms with Gasteiger partial charge >= 0.3 is 6.18 Å². The fraction of sp³-hybridized carbons (Fsp3) is 0.484. The van der Waals surface area contributed by atoms with Crippen LogP contribution in [0.3, 0.4) is 0 Å². The molecule has 204 valence electrons. The predicted octanol–water partition coefficient (Wildman–Crippen LogP) is 6.83. The normalized spacial score (nSPS) is 22.6. The number of alkyl halides is 3. The van der Waals surface area contributed by atoms with Gasteiger partial charge in [0.1, 0.15) is 0 Å². The highest BCUT2D eigenvalue weighted by Gasteiger charge is 2.38. The summed E-state index contributed by atoms with van der Waals surface area (Å²) in [4.78, 5) is 4.90. The highest BCUT2D eigenvalue weighted by molar-refractivity contribution is 7.08. The Balaban J connectivity index is 1.15. The van der Waals surface area contributed by atoms with E-state index in [9.17, 15) is 18.3 Å². The van der Waals surface area contributed by atoms with Crippen molar-refractivity contribution in [3.05, 3.63) is 93.7 Å². The van der Waals surface area contributed by atoms with Crippen LogP contribution in [0.1, 0.15) is 53.9 Å². The van der Waals surface area contributed by atoms with E-state index in [4.69, 9.17) is 0 Å². The van der Waals surface area contributed by atoms with E-state index in [1.54, 1.807) is 23.5 Å². The molecule has 7 heteroatoms. The van der Waals surface area contributed by atoms with Crippen LogP contribution in [0.25, 0.3) is 0 Å². The fourth-order valence-electron chi connectivity index (χ4n) is 6.20. The van der Waals surface area contributed by atoms with E-state index in [0.29, 0.717) is 18.4 Å². The van der Waals surface area contributed by atoms with Gasteiger partial charge in [-0.3, -0.25) is 4.90 Å². The van der Waals surface area contributed by atoms with E-state index in [0.717, 1.165) is 70.4 Å². The third-order valence-electron chi connectivity index (χ3n) is 8.41. The third kappa shape index (κ3) is 7.06. The molecule has 2 atom stereocenters. The molecule has 3 nitrogen and oxygen atoms in total. The molecule has 0 radical (unpaired) electrons. The largest absolute Gasteiger partial charge is 0.416 e. The molecule has 0 saturated carbocycles. The molecule has 5 rings (SSSR count). The zero-order valence-corrected chi connectivity index (χ0v) is 22.6. The van der Waals surface area contributed by atoms with Crippen molar-refractivity contribution in [3.63, 3.8) is 0 Å². The maximum Gasteiger partial charge on any atom is 0.416 e. The summed E-state index contributed by atoms with van der Waals surface area (Å²) >= 11 is 1.72. The van der Waals surface area contributed by atoms with Crippen LogP contribution in [0.4, 0.5) is 13.2 Å². The number of aryl methyl sites for hydroxylation is 1. The van der Waals surface area contributed by atoms with Gasteiger partial charge < -0.3 is 10.0 Å². The first-order valence-electron chi connectivity index (χ1n) is 13.7. The molecule has 3 heterocycles. The number of likely N-dealkylation sites (tertiary alicyclic amines) is 2. The van der Waals surface area contributed by atoms with Gasteiger partial charge in [0, 0.05) is 45.2 Å². The fourth-order valence-corrected chi connectivity index (χ4v) is 6.92. The summed E-state index contributed by atoms with van der Waals surface area (Å²) in [6.45, 7) is 5.32. The number of halogens is 3. The van der Waals surface area contributed by atoms with Crippen LogP contribution < -0.4 is 0 Å². The molecule has 2 aliphatic rings. The molecule has 2 aromatic carbocycles. The molecule has 2 saturated heterocycles. The lowest BCUT2D eigenvalue weighted by Gasteiger charge is -2.39. The molecular formula is C31H37F3N2OS. The summed E-state index contributed by atoms with van der Waals surface area (Å²) in [6.07, 6.45) is 0.176. The van der Waals surface area contributed by atoms with Crippen LogP contribution in [0.15, 0.2) is 71.4 Å². The Hall–Kier alpha value is -2.19. The summed E-state index contributed by atoms with van der Waals surface area (Å²) in [5.41, 5.74) is 2.45. The number of benzene rings is 2. The van der Waals surface area contributed by atoms with Crippen molar-refractivity contribution < 1.29 is 18.3 Å². The van der Waals surface area contributed by atoms with Crippen molar-refractivity contribution in [2.45, 2.75) is 56.3 Å². The number of nitrogens with zero attached hydrogens (tertiary/aromatic N) is 2. The maximum atomic E-state index is 13.0. The van der Waals surface area contributed by atoms with Crippen LogP contribution in [0.2, 0.25) is 0 Å². The Bertz CT molecular complexity index is 1130. The van der Waals surface area contributed by atoms with Crippen molar-refractivity contribution in [2.75, 3.05) is 32.7 Å². The standard InChI is InChI=1S/C31H37F3N2OS/c32-31(33,34)28-10-8-25(9-11-28)19-36-21-27(29(22-36)26-12-18-38-23-26)20-35-16-14-30(37,15-17-35)13-4-7-24-5-2-1-3-6-24/h1-3,5-6,8-12,18,23,27,29,37H,4,7,13-17,19-22H2/t27-,29?/m1/s1. The Kier molecular flexibility index (Phi) is 8.58. The van der Waals surface area contributed by atoms with Gasteiger partial charge in [-0.25, -0.2) is 0 Å². The van der Waals surface area contributed by atoms with Crippen molar-refractivity contribution >= 4 is 11.3 Å². The minimum Gasteiger partial charge on any atom is -0.390 e. The molecule has 3 aromatic rings. The van der Waals surface area contributed by atoms with Crippen LogP contribution >= 0.6 is 11.3 Å². The maximum absolute atomic E-state index is 13.0. The minimum absolute atomic E-state index is 0.419. The zero-order valence-electron chi connectivity index (χ0n) is 21.7. The zero-order chi connectivity index (χ0) is 26.6. The Labute approximate surface area is 227 Å². The summed E-state index contributed by atoms with van der Waals surface area (Å²) in [5, 5.41) is 15.6. The van der Waals surface area contributed by atoms with Crippen LogP contribution in [0, 0.1) is 5.92 Å². The van der Waals surface area contributed by atoms with Gasteiger partial charge in [0.25, 0.3) is 0 Å². The van der Waals surface area contributed by atoms with E-state index >= 15 is 0 Å². The average Bonchev–Trinajstić information content (AvgIpc) is 3.56.